The highest BCUT2D eigenvalue weighted by atomic mass is 16.4. The number of aliphatic carboxylic acids is 1. The standard InChI is InChI=1S/C9H17NO4/c1-6(9(13)14)7-2-10(3-7)4-8(12)5-11/h6-8,11-12H,2-5H2,1H3,(H,13,14). The molecule has 82 valence electrons. The molecule has 2 unspecified atom stereocenters. The van der Waals surface area contributed by atoms with Crippen molar-refractivity contribution in [3.63, 3.8) is 0 Å². The zero-order valence-electron chi connectivity index (χ0n) is 8.26. The van der Waals surface area contributed by atoms with E-state index >= 15 is 0 Å². The maximum absolute atomic E-state index is 10.6. The van der Waals surface area contributed by atoms with Gasteiger partial charge in [-0.15, -0.1) is 0 Å². The van der Waals surface area contributed by atoms with Crippen LogP contribution in [0.5, 0.6) is 0 Å². The Morgan fingerprint density at radius 2 is 2.14 bits per heavy atom. The summed E-state index contributed by atoms with van der Waals surface area (Å²) in [5.74, 6) is -0.909. The second-order valence-corrected chi connectivity index (χ2v) is 3.94. The molecule has 1 saturated heterocycles. The van der Waals surface area contributed by atoms with Crippen molar-refractivity contribution in [1.82, 2.24) is 4.90 Å². The number of likely N-dealkylation sites (tertiary alicyclic amines) is 1. The Bertz CT molecular complexity index is 203. The van der Waals surface area contributed by atoms with E-state index in [9.17, 15) is 4.79 Å². The van der Waals surface area contributed by atoms with Crippen molar-refractivity contribution in [3.8, 4) is 0 Å². The third-order valence-electron chi connectivity index (χ3n) is 2.76. The highest BCUT2D eigenvalue weighted by molar-refractivity contribution is 5.70. The average molecular weight is 203 g/mol. The number of aliphatic hydroxyl groups excluding tert-OH is 2. The van der Waals surface area contributed by atoms with Crippen LogP contribution < -0.4 is 0 Å². The molecular weight excluding hydrogens is 186 g/mol. The number of nitrogens with zero attached hydrogens (tertiary/aromatic N) is 1. The molecule has 0 bridgehead atoms. The molecule has 2 atom stereocenters. The molecule has 0 aromatic rings. The van der Waals surface area contributed by atoms with Crippen molar-refractivity contribution in [2.45, 2.75) is 13.0 Å². The van der Waals surface area contributed by atoms with Gasteiger partial charge >= 0.3 is 5.97 Å². The van der Waals surface area contributed by atoms with Gasteiger partial charge in [0.05, 0.1) is 18.6 Å². The van der Waals surface area contributed by atoms with E-state index in [1.165, 1.54) is 0 Å². The summed E-state index contributed by atoms with van der Waals surface area (Å²) in [5.41, 5.74) is 0. The fourth-order valence-electron chi connectivity index (χ4n) is 1.63. The Kier molecular flexibility index (Phi) is 3.86. The van der Waals surface area contributed by atoms with Gasteiger partial charge in [-0.1, -0.05) is 6.92 Å². The summed E-state index contributed by atoms with van der Waals surface area (Å²) < 4.78 is 0. The molecule has 1 fully saturated rings. The van der Waals surface area contributed by atoms with Crippen molar-refractivity contribution < 1.29 is 20.1 Å². The Morgan fingerprint density at radius 1 is 1.57 bits per heavy atom. The molecule has 0 radical (unpaired) electrons. The first-order valence-corrected chi connectivity index (χ1v) is 4.78. The molecule has 0 amide bonds. The van der Waals surface area contributed by atoms with Crippen LogP contribution in [0, 0.1) is 11.8 Å². The number of hydrogen-bond acceptors (Lipinski definition) is 4. The summed E-state index contributed by atoms with van der Waals surface area (Å²) in [6.07, 6.45) is -0.712. The smallest absolute Gasteiger partial charge is 0.306 e. The lowest BCUT2D eigenvalue weighted by Crippen LogP contribution is -2.53. The second kappa shape index (κ2) is 4.72. The van der Waals surface area contributed by atoms with E-state index < -0.39 is 12.1 Å². The number of β-amino-alcohol motifs (C(OH)–C–C–N with tert-alkyl or cyclic N) is 1. The first kappa shape index (κ1) is 11.4. The second-order valence-electron chi connectivity index (χ2n) is 3.94. The Hall–Kier alpha value is -0.650. The largest absolute Gasteiger partial charge is 0.481 e. The Balaban J connectivity index is 2.20. The van der Waals surface area contributed by atoms with Gasteiger partial charge in [0.25, 0.3) is 0 Å². The van der Waals surface area contributed by atoms with Gasteiger partial charge in [0, 0.05) is 19.6 Å². The summed E-state index contributed by atoms with van der Waals surface area (Å²) in [6.45, 7) is 3.29. The number of hydrogen-bond donors (Lipinski definition) is 3. The van der Waals surface area contributed by atoms with Gasteiger partial charge in [0.15, 0.2) is 0 Å². The zero-order chi connectivity index (χ0) is 10.7. The van der Waals surface area contributed by atoms with E-state index in [1.54, 1.807) is 6.92 Å². The van der Waals surface area contributed by atoms with E-state index in [0.29, 0.717) is 19.6 Å². The van der Waals surface area contributed by atoms with Gasteiger partial charge in [-0.3, -0.25) is 9.69 Å². The highest BCUT2D eigenvalue weighted by Gasteiger charge is 2.34. The minimum Gasteiger partial charge on any atom is -0.481 e. The summed E-state index contributed by atoms with van der Waals surface area (Å²) in [7, 11) is 0. The molecule has 3 N–H and O–H groups in total. The van der Waals surface area contributed by atoms with Crippen molar-refractivity contribution in [1.29, 1.82) is 0 Å². The van der Waals surface area contributed by atoms with Crippen LogP contribution in [-0.2, 0) is 4.79 Å². The SMILES string of the molecule is CC(C(=O)O)C1CN(CC(O)CO)C1. The summed E-state index contributed by atoms with van der Waals surface area (Å²) in [5, 5.41) is 26.4. The minimum absolute atomic E-state index is 0.179. The number of rotatable bonds is 5. The third kappa shape index (κ3) is 2.67. The Morgan fingerprint density at radius 3 is 2.57 bits per heavy atom. The van der Waals surface area contributed by atoms with Gasteiger partial charge in [0.1, 0.15) is 0 Å². The van der Waals surface area contributed by atoms with Gasteiger partial charge in [0.2, 0.25) is 0 Å². The van der Waals surface area contributed by atoms with Crippen LogP contribution in [0.2, 0.25) is 0 Å². The minimum atomic E-state index is -0.766. The summed E-state index contributed by atoms with van der Waals surface area (Å²) in [4.78, 5) is 12.6. The zero-order valence-corrected chi connectivity index (χ0v) is 8.26. The molecule has 0 aromatic heterocycles. The fraction of sp³-hybridized carbons (Fsp3) is 0.889. The van der Waals surface area contributed by atoms with Crippen molar-refractivity contribution in [2.75, 3.05) is 26.2 Å². The molecule has 14 heavy (non-hydrogen) atoms. The third-order valence-corrected chi connectivity index (χ3v) is 2.76. The van der Waals surface area contributed by atoms with Crippen molar-refractivity contribution in [3.05, 3.63) is 0 Å². The maximum Gasteiger partial charge on any atom is 0.306 e. The first-order valence-electron chi connectivity index (χ1n) is 4.78. The molecule has 1 aliphatic rings. The lowest BCUT2D eigenvalue weighted by molar-refractivity contribution is -0.145. The lowest BCUT2D eigenvalue weighted by atomic mass is 9.87. The first-order chi connectivity index (χ1) is 6.54. The van der Waals surface area contributed by atoms with Crippen LogP contribution in [0.3, 0.4) is 0 Å². The van der Waals surface area contributed by atoms with Crippen molar-refractivity contribution >= 4 is 5.97 Å². The number of carboxylic acids is 1. The Labute approximate surface area is 83.0 Å². The van der Waals surface area contributed by atoms with Crippen LogP contribution in [0.4, 0.5) is 0 Å². The molecule has 5 heteroatoms. The van der Waals surface area contributed by atoms with Gasteiger partial charge in [-0.25, -0.2) is 0 Å². The lowest BCUT2D eigenvalue weighted by Gasteiger charge is -2.41. The normalized spacial score (nSPS) is 22.8. The van der Waals surface area contributed by atoms with Crippen LogP contribution in [0.1, 0.15) is 6.92 Å². The number of carboxylic acid groups (broad SMARTS) is 1. The predicted molar refractivity (Wildman–Crippen MR) is 49.8 cm³/mol. The summed E-state index contributed by atoms with van der Waals surface area (Å²) >= 11 is 0. The predicted octanol–water partition coefficient (Wildman–Crippen LogP) is -1.01. The molecule has 0 aliphatic carbocycles. The van der Waals surface area contributed by atoms with E-state index in [-0.39, 0.29) is 18.4 Å². The highest BCUT2D eigenvalue weighted by Crippen LogP contribution is 2.23. The number of carbonyl (C=O) groups is 1. The van der Waals surface area contributed by atoms with E-state index in [0.717, 1.165) is 0 Å². The molecular formula is C9H17NO4. The van der Waals surface area contributed by atoms with E-state index in [1.807, 2.05) is 4.90 Å². The average Bonchev–Trinajstić information content (AvgIpc) is 2.08. The molecule has 0 spiro atoms. The molecule has 0 saturated carbocycles. The van der Waals surface area contributed by atoms with Crippen LogP contribution in [0.15, 0.2) is 0 Å². The summed E-state index contributed by atoms with van der Waals surface area (Å²) in [6, 6.07) is 0. The maximum atomic E-state index is 10.6. The van der Waals surface area contributed by atoms with Gasteiger partial charge in [-0.2, -0.15) is 0 Å². The van der Waals surface area contributed by atoms with Crippen LogP contribution >= 0.6 is 0 Å². The number of aliphatic hydroxyl groups is 2. The van der Waals surface area contributed by atoms with Gasteiger partial charge < -0.3 is 15.3 Å². The molecule has 1 rings (SSSR count). The molecule has 0 aromatic carbocycles. The topological polar surface area (TPSA) is 81.0 Å². The molecule has 1 aliphatic heterocycles. The van der Waals surface area contributed by atoms with E-state index in [4.69, 9.17) is 15.3 Å². The van der Waals surface area contributed by atoms with Crippen LogP contribution in [0.25, 0.3) is 0 Å². The fourth-order valence-corrected chi connectivity index (χ4v) is 1.63. The van der Waals surface area contributed by atoms with Crippen molar-refractivity contribution in [2.24, 2.45) is 11.8 Å². The van der Waals surface area contributed by atoms with Gasteiger partial charge in [-0.05, 0) is 5.92 Å². The molecule has 5 nitrogen and oxygen atoms in total. The van der Waals surface area contributed by atoms with E-state index in [2.05, 4.69) is 0 Å². The monoisotopic (exact) mass is 203 g/mol. The van der Waals surface area contributed by atoms with Crippen LogP contribution in [-0.4, -0.2) is 58.5 Å². The quantitative estimate of drug-likeness (QED) is 0.533. The molecule has 1 heterocycles.